The van der Waals surface area contributed by atoms with E-state index in [1.54, 1.807) is 18.9 Å². The predicted octanol–water partition coefficient (Wildman–Crippen LogP) is 5.72. The molecule has 1 atom stereocenters. The Balaban J connectivity index is 1.75. The number of rotatable bonds is 15. The Labute approximate surface area is 221 Å². The number of anilines is 1. The molecule has 0 bridgehead atoms. The molecule has 0 spiro atoms. The fraction of sp³-hybridized carbons (Fsp3) is 0.552. The largest absolute Gasteiger partial charge is 0.497 e. The van der Waals surface area contributed by atoms with Gasteiger partial charge in [-0.05, 0) is 104 Å². The highest BCUT2D eigenvalue weighted by atomic mass is 32.2. The molecule has 198 valence electrons. The van der Waals surface area contributed by atoms with Crippen molar-refractivity contribution in [2.75, 3.05) is 66.4 Å². The van der Waals surface area contributed by atoms with Gasteiger partial charge in [-0.2, -0.15) is 0 Å². The second kappa shape index (κ2) is 14.5. The highest BCUT2D eigenvalue weighted by molar-refractivity contribution is 8.00. The van der Waals surface area contributed by atoms with Gasteiger partial charge in [0.15, 0.2) is 0 Å². The van der Waals surface area contributed by atoms with Crippen molar-refractivity contribution in [1.29, 1.82) is 0 Å². The van der Waals surface area contributed by atoms with Crippen molar-refractivity contribution in [2.24, 2.45) is 0 Å². The topological polar surface area (TPSA) is 45.3 Å². The number of carbonyl (C=O) groups excluding carboxylic acids is 1. The van der Waals surface area contributed by atoms with Gasteiger partial charge in [0, 0.05) is 17.0 Å². The van der Waals surface area contributed by atoms with Crippen molar-refractivity contribution >= 4 is 23.4 Å². The number of amides is 1. The first-order valence-electron chi connectivity index (χ1n) is 13.1. The third kappa shape index (κ3) is 8.15. The van der Waals surface area contributed by atoms with Crippen molar-refractivity contribution in [1.82, 2.24) is 9.80 Å². The summed E-state index contributed by atoms with van der Waals surface area (Å²) in [5.41, 5.74) is 1.91. The van der Waals surface area contributed by atoms with Crippen LogP contribution in [0.4, 0.5) is 5.69 Å². The third-order valence-corrected chi connectivity index (χ3v) is 7.68. The number of thioether (sulfide) groups is 1. The highest BCUT2D eigenvalue weighted by Crippen LogP contribution is 2.49. The van der Waals surface area contributed by atoms with Crippen molar-refractivity contribution in [3.8, 4) is 11.5 Å². The molecule has 7 heteroatoms. The SMILES string of the molecule is COc1ccc(OCCCCCN(C)C)c(C2Sc3ccccc3N(CCCCCN(C)C)C2=O)c1. The standard InChI is InChI=1S/C29H43N3O3S/c1-30(2)18-10-6-12-20-32-25-14-8-9-15-27(25)36-28(29(32)33)24-22-23(34-5)16-17-26(24)35-21-13-7-11-19-31(3)4/h8-9,14-17,22,28H,6-7,10-13,18-21H2,1-5H3. The van der Waals surface area contributed by atoms with Crippen molar-refractivity contribution < 1.29 is 14.3 Å². The van der Waals surface area contributed by atoms with Crippen LogP contribution in [0.1, 0.15) is 49.3 Å². The number of fused-ring (bicyclic) bond motifs is 1. The molecule has 1 amide bonds. The zero-order valence-electron chi connectivity index (χ0n) is 22.7. The van der Waals surface area contributed by atoms with Crippen LogP contribution in [0, 0.1) is 0 Å². The van der Waals surface area contributed by atoms with Crippen LogP contribution in [-0.2, 0) is 4.79 Å². The highest BCUT2D eigenvalue weighted by Gasteiger charge is 2.36. The Morgan fingerprint density at radius 1 is 0.889 bits per heavy atom. The average molecular weight is 514 g/mol. The zero-order valence-corrected chi connectivity index (χ0v) is 23.5. The number of hydrogen-bond donors (Lipinski definition) is 0. The molecule has 0 saturated heterocycles. The summed E-state index contributed by atoms with van der Waals surface area (Å²) in [6.07, 6.45) is 6.49. The van der Waals surface area contributed by atoms with E-state index in [0.29, 0.717) is 6.61 Å². The van der Waals surface area contributed by atoms with Crippen molar-refractivity contribution in [3.63, 3.8) is 0 Å². The Kier molecular flexibility index (Phi) is 11.4. The number of methoxy groups -OCH3 is 1. The maximum absolute atomic E-state index is 13.9. The summed E-state index contributed by atoms with van der Waals surface area (Å²) in [4.78, 5) is 21.4. The fourth-order valence-electron chi connectivity index (χ4n) is 4.40. The number of unbranched alkanes of at least 4 members (excludes halogenated alkanes) is 4. The van der Waals surface area contributed by atoms with Gasteiger partial charge >= 0.3 is 0 Å². The second-order valence-corrected chi connectivity index (χ2v) is 11.1. The molecule has 3 rings (SSSR count). The maximum atomic E-state index is 13.9. The first-order chi connectivity index (χ1) is 17.4. The zero-order chi connectivity index (χ0) is 25.9. The lowest BCUT2D eigenvalue weighted by Gasteiger charge is -2.34. The van der Waals surface area contributed by atoms with Crippen LogP contribution in [0.5, 0.6) is 11.5 Å². The van der Waals surface area contributed by atoms with Gasteiger partial charge in [-0.3, -0.25) is 4.79 Å². The molecule has 2 aromatic rings. The molecule has 0 radical (unpaired) electrons. The minimum atomic E-state index is -0.361. The Bertz CT molecular complexity index is 967. The van der Waals surface area contributed by atoms with Gasteiger partial charge in [0.25, 0.3) is 0 Å². The van der Waals surface area contributed by atoms with Gasteiger partial charge in [-0.25, -0.2) is 0 Å². The van der Waals surface area contributed by atoms with E-state index in [-0.39, 0.29) is 11.2 Å². The number of carbonyl (C=O) groups is 1. The lowest BCUT2D eigenvalue weighted by Crippen LogP contribution is -2.38. The molecule has 1 heterocycles. The van der Waals surface area contributed by atoms with Gasteiger partial charge in [-0.1, -0.05) is 18.6 Å². The van der Waals surface area contributed by atoms with E-state index in [9.17, 15) is 4.79 Å². The molecule has 1 aliphatic heterocycles. The summed E-state index contributed by atoms with van der Waals surface area (Å²) in [5.74, 6) is 1.64. The Hall–Kier alpha value is -2.22. The van der Waals surface area contributed by atoms with E-state index in [1.807, 2.05) is 35.2 Å². The summed E-state index contributed by atoms with van der Waals surface area (Å²) in [5, 5.41) is -0.361. The first kappa shape index (κ1) is 28.4. The average Bonchev–Trinajstić information content (AvgIpc) is 2.86. The number of hydrogen-bond acceptors (Lipinski definition) is 6. The fourth-order valence-corrected chi connectivity index (χ4v) is 5.65. The minimum Gasteiger partial charge on any atom is -0.497 e. The minimum absolute atomic E-state index is 0.121. The molecular formula is C29H43N3O3S. The van der Waals surface area contributed by atoms with Gasteiger partial charge in [0.2, 0.25) is 5.91 Å². The van der Waals surface area contributed by atoms with Crippen LogP contribution in [0.3, 0.4) is 0 Å². The summed E-state index contributed by atoms with van der Waals surface area (Å²) >= 11 is 1.61. The monoisotopic (exact) mass is 513 g/mol. The van der Waals surface area contributed by atoms with E-state index in [1.165, 1.54) is 0 Å². The number of para-hydroxylation sites is 1. The van der Waals surface area contributed by atoms with E-state index in [4.69, 9.17) is 9.47 Å². The molecule has 0 saturated carbocycles. The summed E-state index contributed by atoms with van der Waals surface area (Å²) in [6, 6.07) is 14.1. The Morgan fingerprint density at radius 2 is 1.58 bits per heavy atom. The molecular weight excluding hydrogens is 470 g/mol. The number of nitrogens with zero attached hydrogens (tertiary/aromatic N) is 3. The molecule has 1 aliphatic rings. The summed E-state index contributed by atoms with van der Waals surface area (Å²) in [6.45, 7) is 3.53. The van der Waals surface area contributed by atoms with E-state index >= 15 is 0 Å². The first-order valence-corrected chi connectivity index (χ1v) is 14.0. The number of benzene rings is 2. The molecule has 0 aromatic heterocycles. The van der Waals surface area contributed by atoms with Gasteiger partial charge in [-0.15, -0.1) is 11.8 Å². The van der Waals surface area contributed by atoms with Crippen LogP contribution in [-0.4, -0.2) is 77.2 Å². The summed E-state index contributed by atoms with van der Waals surface area (Å²) in [7, 11) is 10.1. The normalized spacial score (nSPS) is 15.5. The van der Waals surface area contributed by atoms with Gasteiger partial charge in [0.1, 0.15) is 16.7 Å². The van der Waals surface area contributed by atoms with E-state index in [2.05, 4.69) is 50.1 Å². The van der Waals surface area contributed by atoms with Crippen LogP contribution in [0.25, 0.3) is 0 Å². The lowest BCUT2D eigenvalue weighted by molar-refractivity contribution is -0.118. The predicted molar refractivity (Wildman–Crippen MR) is 151 cm³/mol. The van der Waals surface area contributed by atoms with Crippen LogP contribution in [0.2, 0.25) is 0 Å². The molecule has 6 nitrogen and oxygen atoms in total. The van der Waals surface area contributed by atoms with Gasteiger partial charge < -0.3 is 24.2 Å². The van der Waals surface area contributed by atoms with Crippen molar-refractivity contribution in [3.05, 3.63) is 48.0 Å². The lowest BCUT2D eigenvalue weighted by atomic mass is 10.1. The third-order valence-electron chi connectivity index (χ3n) is 6.38. The van der Waals surface area contributed by atoms with E-state index in [0.717, 1.165) is 85.8 Å². The summed E-state index contributed by atoms with van der Waals surface area (Å²) < 4.78 is 11.8. The molecule has 0 aliphatic carbocycles. The molecule has 1 unspecified atom stereocenters. The molecule has 0 fully saturated rings. The van der Waals surface area contributed by atoms with E-state index < -0.39 is 0 Å². The molecule has 0 N–H and O–H groups in total. The maximum Gasteiger partial charge on any atom is 0.245 e. The quantitative estimate of drug-likeness (QED) is 0.284. The van der Waals surface area contributed by atoms with Crippen LogP contribution < -0.4 is 14.4 Å². The molecule has 36 heavy (non-hydrogen) atoms. The second-order valence-electron chi connectivity index (χ2n) is 9.94. The smallest absolute Gasteiger partial charge is 0.245 e. The van der Waals surface area contributed by atoms with Crippen molar-refractivity contribution in [2.45, 2.75) is 48.7 Å². The number of ether oxygens (including phenoxy) is 2. The van der Waals surface area contributed by atoms with Crippen LogP contribution in [0.15, 0.2) is 47.4 Å². The Morgan fingerprint density at radius 3 is 2.28 bits per heavy atom. The molecule has 2 aromatic carbocycles. The van der Waals surface area contributed by atoms with Gasteiger partial charge in [0.05, 0.1) is 19.4 Å². The van der Waals surface area contributed by atoms with Crippen LogP contribution >= 0.6 is 11.8 Å².